The van der Waals surface area contributed by atoms with Crippen LogP contribution in [0.25, 0.3) is 22.4 Å². The molecule has 0 spiro atoms. The van der Waals surface area contributed by atoms with E-state index in [9.17, 15) is 13.2 Å². The topological polar surface area (TPSA) is 40.7 Å². The summed E-state index contributed by atoms with van der Waals surface area (Å²) in [6.45, 7) is 6.45. The third-order valence-corrected chi connectivity index (χ3v) is 5.71. The number of halogens is 5. The van der Waals surface area contributed by atoms with E-state index in [1.165, 1.54) is 17.7 Å². The maximum absolute atomic E-state index is 13.3. The fourth-order valence-corrected chi connectivity index (χ4v) is 3.75. The molecule has 4 aromatic rings. The first-order valence-electron chi connectivity index (χ1n) is 10.2. The second kappa shape index (κ2) is 9.27. The summed E-state index contributed by atoms with van der Waals surface area (Å²) in [6.07, 6.45) is -4.41. The van der Waals surface area contributed by atoms with E-state index in [-0.39, 0.29) is 29.9 Å². The second-order valence-electron chi connectivity index (χ2n) is 8.77. The predicted molar refractivity (Wildman–Crippen MR) is 131 cm³/mol. The van der Waals surface area contributed by atoms with E-state index < -0.39 is 11.7 Å². The van der Waals surface area contributed by atoms with Crippen molar-refractivity contribution in [2.75, 3.05) is 5.32 Å². The molecule has 3 aromatic carbocycles. The molecular formula is C25H24Cl2F3N3. The van der Waals surface area contributed by atoms with Gasteiger partial charge in [-0.05, 0) is 52.9 Å². The normalized spacial score (nSPS) is 12.0. The monoisotopic (exact) mass is 493 g/mol. The lowest BCUT2D eigenvalue weighted by atomic mass is 9.87. The van der Waals surface area contributed by atoms with E-state index in [0.717, 1.165) is 22.7 Å². The van der Waals surface area contributed by atoms with Gasteiger partial charge in [0.2, 0.25) is 0 Å². The van der Waals surface area contributed by atoms with Crippen molar-refractivity contribution in [3.63, 3.8) is 0 Å². The molecule has 0 unspecified atom stereocenters. The summed E-state index contributed by atoms with van der Waals surface area (Å²) in [6, 6.07) is 17.0. The Labute approximate surface area is 201 Å². The summed E-state index contributed by atoms with van der Waals surface area (Å²) in [5.74, 6) is 0.668. The van der Waals surface area contributed by atoms with E-state index in [1.54, 1.807) is 18.2 Å². The average Bonchev–Trinajstić information content (AvgIpc) is 3.15. The maximum atomic E-state index is 13.3. The first-order valence-corrected chi connectivity index (χ1v) is 10.6. The largest absolute Gasteiger partial charge is 0.416 e. The van der Waals surface area contributed by atoms with Gasteiger partial charge in [0.05, 0.1) is 27.3 Å². The van der Waals surface area contributed by atoms with Crippen LogP contribution in [0, 0.1) is 0 Å². The molecule has 1 heterocycles. The minimum atomic E-state index is -4.41. The average molecular weight is 494 g/mol. The molecule has 0 atom stereocenters. The Morgan fingerprint density at radius 1 is 0.970 bits per heavy atom. The lowest BCUT2D eigenvalue weighted by Crippen LogP contribution is -2.11. The Kier molecular flexibility index (Phi) is 7.01. The van der Waals surface area contributed by atoms with Crippen molar-refractivity contribution in [1.29, 1.82) is 0 Å². The SMILES string of the molecule is CC(C)(C)c1ccc2nc(-c3ccc(Cl)c(NCc4ccccc4C(F)(F)F)c3)[nH]c2c1.Cl. The number of rotatable bonds is 4. The number of nitrogens with zero attached hydrogens (tertiary/aromatic N) is 1. The minimum Gasteiger partial charge on any atom is -0.380 e. The van der Waals surface area contributed by atoms with Crippen LogP contribution in [0.4, 0.5) is 18.9 Å². The minimum absolute atomic E-state index is 0. The van der Waals surface area contributed by atoms with Crippen molar-refractivity contribution in [3.8, 4) is 11.4 Å². The number of anilines is 1. The molecule has 0 saturated carbocycles. The van der Waals surface area contributed by atoms with Gasteiger partial charge in [0, 0.05) is 12.1 Å². The number of benzene rings is 3. The lowest BCUT2D eigenvalue weighted by Gasteiger charge is -2.18. The van der Waals surface area contributed by atoms with Crippen LogP contribution >= 0.6 is 24.0 Å². The van der Waals surface area contributed by atoms with Gasteiger partial charge < -0.3 is 10.3 Å². The van der Waals surface area contributed by atoms with Gasteiger partial charge >= 0.3 is 6.18 Å². The molecular weight excluding hydrogens is 470 g/mol. The van der Waals surface area contributed by atoms with E-state index in [1.807, 2.05) is 12.1 Å². The summed E-state index contributed by atoms with van der Waals surface area (Å²) in [4.78, 5) is 8.01. The highest BCUT2D eigenvalue weighted by Crippen LogP contribution is 2.34. The molecule has 0 aliphatic carbocycles. The van der Waals surface area contributed by atoms with Crippen molar-refractivity contribution < 1.29 is 13.2 Å². The first kappa shape index (κ1) is 24.9. The third kappa shape index (κ3) is 5.45. The Morgan fingerprint density at radius 2 is 1.70 bits per heavy atom. The van der Waals surface area contributed by atoms with E-state index in [2.05, 4.69) is 48.2 Å². The first-order chi connectivity index (χ1) is 15.0. The van der Waals surface area contributed by atoms with Crippen LogP contribution in [0.5, 0.6) is 0 Å². The zero-order valence-electron chi connectivity index (χ0n) is 18.3. The molecule has 174 valence electrons. The number of alkyl halides is 3. The van der Waals surface area contributed by atoms with Crippen molar-refractivity contribution in [2.24, 2.45) is 0 Å². The molecule has 0 aliphatic rings. The standard InChI is InChI=1S/C25H23ClF3N3.ClH/c1-24(2,3)17-9-11-20-22(13-17)32-23(31-20)15-8-10-19(26)21(12-15)30-14-16-6-4-5-7-18(16)25(27,28)29;/h4-13,30H,14H2,1-3H3,(H,31,32);1H. The molecule has 0 bridgehead atoms. The molecule has 0 amide bonds. The van der Waals surface area contributed by atoms with Crippen molar-refractivity contribution >= 4 is 40.7 Å². The summed E-state index contributed by atoms with van der Waals surface area (Å²) >= 11 is 6.31. The van der Waals surface area contributed by atoms with Gasteiger partial charge in [-0.25, -0.2) is 4.98 Å². The number of imidazole rings is 1. The summed E-state index contributed by atoms with van der Waals surface area (Å²) in [7, 11) is 0. The van der Waals surface area contributed by atoms with Crippen LogP contribution in [0.3, 0.4) is 0 Å². The number of aromatic amines is 1. The zero-order chi connectivity index (χ0) is 23.1. The number of fused-ring (bicyclic) bond motifs is 1. The summed E-state index contributed by atoms with van der Waals surface area (Å²) in [5, 5.41) is 3.46. The highest BCUT2D eigenvalue weighted by Gasteiger charge is 2.32. The molecule has 0 saturated heterocycles. The van der Waals surface area contributed by atoms with Crippen molar-refractivity contribution in [1.82, 2.24) is 9.97 Å². The van der Waals surface area contributed by atoms with Crippen LogP contribution in [0.15, 0.2) is 60.7 Å². The van der Waals surface area contributed by atoms with Crippen LogP contribution in [-0.2, 0) is 18.1 Å². The smallest absolute Gasteiger partial charge is 0.380 e. The second-order valence-corrected chi connectivity index (χ2v) is 9.18. The van der Waals surface area contributed by atoms with Crippen LogP contribution in [0.2, 0.25) is 5.02 Å². The van der Waals surface area contributed by atoms with E-state index in [4.69, 9.17) is 11.6 Å². The van der Waals surface area contributed by atoms with E-state index in [0.29, 0.717) is 16.5 Å². The number of H-pyrrole nitrogens is 1. The van der Waals surface area contributed by atoms with Gasteiger partial charge in [-0.1, -0.05) is 56.6 Å². The lowest BCUT2D eigenvalue weighted by molar-refractivity contribution is -0.138. The van der Waals surface area contributed by atoms with Crippen LogP contribution in [0.1, 0.15) is 37.5 Å². The van der Waals surface area contributed by atoms with Gasteiger partial charge in [-0.15, -0.1) is 12.4 Å². The number of hydrogen-bond acceptors (Lipinski definition) is 2. The van der Waals surface area contributed by atoms with Gasteiger partial charge in [0.1, 0.15) is 5.82 Å². The fourth-order valence-electron chi connectivity index (χ4n) is 3.56. The molecule has 2 N–H and O–H groups in total. The van der Waals surface area contributed by atoms with Gasteiger partial charge in [0.15, 0.2) is 0 Å². The van der Waals surface area contributed by atoms with Gasteiger partial charge in [0.25, 0.3) is 0 Å². The Balaban J connectivity index is 0.00000306. The van der Waals surface area contributed by atoms with Crippen LogP contribution < -0.4 is 5.32 Å². The maximum Gasteiger partial charge on any atom is 0.416 e. The number of hydrogen-bond donors (Lipinski definition) is 2. The number of nitrogens with one attached hydrogen (secondary N) is 2. The highest BCUT2D eigenvalue weighted by molar-refractivity contribution is 6.33. The predicted octanol–water partition coefficient (Wildman–Crippen LogP) is 8.23. The zero-order valence-corrected chi connectivity index (χ0v) is 19.9. The molecule has 0 aliphatic heterocycles. The summed E-state index contributed by atoms with van der Waals surface area (Å²) < 4.78 is 39.8. The van der Waals surface area contributed by atoms with Crippen molar-refractivity contribution in [2.45, 2.75) is 38.9 Å². The highest BCUT2D eigenvalue weighted by atomic mass is 35.5. The third-order valence-electron chi connectivity index (χ3n) is 5.38. The molecule has 1 aromatic heterocycles. The van der Waals surface area contributed by atoms with E-state index >= 15 is 0 Å². The summed E-state index contributed by atoms with van der Waals surface area (Å²) in [5.41, 5.74) is 3.80. The molecule has 0 fully saturated rings. The van der Waals surface area contributed by atoms with Crippen molar-refractivity contribution in [3.05, 3.63) is 82.4 Å². The van der Waals surface area contributed by atoms with Gasteiger partial charge in [-0.2, -0.15) is 13.2 Å². The Morgan fingerprint density at radius 3 is 2.39 bits per heavy atom. The Bertz CT molecular complexity index is 1270. The van der Waals surface area contributed by atoms with Crippen LogP contribution in [-0.4, -0.2) is 9.97 Å². The molecule has 0 radical (unpaired) electrons. The van der Waals surface area contributed by atoms with Gasteiger partial charge in [-0.3, -0.25) is 0 Å². The molecule has 4 rings (SSSR count). The fraction of sp³-hybridized carbons (Fsp3) is 0.240. The molecule has 8 heteroatoms. The number of aromatic nitrogens is 2. The molecule has 3 nitrogen and oxygen atoms in total. The quantitative estimate of drug-likeness (QED) is 0.300. The Hall–Kier alpha value is -2.70. The molecule has 33 heavy (non-hydrogen) atoms.